The summed E-state index contributed by atoms with van der Waals surface area (Å²) in [6.07, 6.45) is 9.90. The number of hydroxylamine groups is 2. The van der Waals surface area contributed by atoms with Gasteiger partial charge in [-0.1, -0.05) is 19.3 Å². The summed E-state index contributed by atoms with van der Waals surface area (Å²) in [5.74, 6) is 1.83. The van der Waals surface area contributed by atoms with E-state index in [1.165, 1.54) is 24.3 Å². The molecule has 1 aliphatic carbocycles. The van der Waals surface area contributed by atoms with Crippen molar-refractivity contribution < 1.29 is 14.7 Å². The first-order valence-corrected chi connectivity index (χ1v) is 12.8. The SMILES string of the molecule is COc1nc(N2CCC(NC(C)=O)CC2)ccc1N1C=C2C(C(C3CCCCC3)=NN2C)N(O)C1. The Labute approximate surface area is 207 Å². The summed E-state index contributed by atoms with van der Waals surface area (Å²) in [5.41, 5.74) is 2.85. The van der Waals surface area contributed by atoms with Crippen molar-refractivity contribution >= 4 is 23.1 Å². The second-order valence-corrected chi connectivity index (χ2v) is 10.1. The van der Waals surface area contributed by atoms with Gasteiger partial charge in [0.05, 0.1) is 18.5 Å². The largest absolute Gasteiger partial charge is 0.479 e. The molecule has 4 aliphatic rings. The van der Waals surface area contributed by atoms with Crippen molar-refractivity contribution in [3.05, 3.63) is 24.0 Å². The first-order valence-electron chi connectivity index (χ1n) is 12.8. The lowest BCUT2D eigenvalue weighted by molar-refractivity contribution is -0.119. The molecule has 2 fully saturated rings. The third-order valence-electron chi connectivity index (χ3n) is 7.66. The molecule has 4 heterocycles. The van der Waals surface area contributed by atoms with Gasteiger partial charge in [-0.25, -0.2) is 0 Å². The van der Waals surface area contributed by atoms with Crippen LogP contribution in [-0.2, 0) is 4.79 Å². The molecule has 3 aliphatic heterocycles. The molecule has 190 valence electrons. The second kappa shape index (κ2) is 10.0. The number of rotatable bonds is 5. The second-order valence-electron chi connectivity index (χ2n) is 10.1. The standard InChI is InChI=1S/C25H37N7O3/c1-17(33)26-19-11-13-30(14-12-19)22-10-9-20(25(27-22)35-3)31-15-21-24(32(34)16-31)23(28-29(21)2)18-7-5-4-6-8-18/h9-10,15,18-19,24,34H,4-8,11-14,16H2,1-3H3,(H,26,33). The number of aromatic nitrogens is 1. The Morgan fingerprint density at radius 2 is 1.89 bits per heavy atom. The van der Waals surface area contributed by atoms with Gasteiger partial charge in [-0.2, -0.15) is 15.1 Å². The van der Waals surface area contributed by atoms with Crippen LogP contribution in [0.4, 0.5) is 11.5 Å². The number of amides is 1. The number of fused-ring (bicyclic) bond motifs is 1. The fourth-order valence-electron chi connectivity index (χ4n) is 5.87. The quantitative estimate of drug-likeness (QED) is 0.660. The van der Waals surface area contributed by atoms with Crippen molar-refractivity contribution in [3.63, 3.8) is 0 Å². The number of piperidine rings is 1. The molecule has 1 atom stereocenters. The van der Waals surface area contributed by atoms with Gasteiger partial charge in [0.2, 0.25) is 11.8 Å². The highest BCUT2D eigenvalue weighted by Crippen LogP contribution is 2.38. The number of anilines is 2. The molecule has 0 spiro atoms. The molecule has 0 aromatic carbocycles. The lowest BCUT2D eigenvalue weighted by Crippen LogP contribution is -2.50. The molecule has 10 nitrogen and oxygen atoms in total. The Balaban J connectivity index is 1.33. The third kappa shape index (κ3) is 4.81. The Bertz CT molecular complexity index is 999. The molecule has 1 aromatic rings. The third-order valence-corrected chi connectivity index (χ3v) is 7.66. The van der Waals surface area contributed by atoms with E-state index in [2.05, 4.69) is 16.4 Å². The monoisotopic (exact) mass is 483 g/mol. The predicted octanol–water partition coefficient (Wildman–Crippen LogP) is 2.76. The summed E-state index contributed by atoms with van der Waals surface area (Å²) in [7, 11) is 3.58. The number of hydrogen-bond acceptors (Lipinski definition) is 9. The number of carbonyl (C=O) groups excluding carboxylic acids is 1. The number of hydrogen-bond donors (Lipinski definition) is 2. The zero-order valence-corrected chi connectivity index (χ0v) is 21.0. The summed E-state index contributed by atoms with van der Waals surface area (Å²) in [4.78, 5) is 20.3. The smallest absolute Gasteiger partial charge is 0.239 e. The maximum absolute atomic E-state index is 11.4. The molecule has 1 aromatic heterocycles. The van der Waals surface area contributed by atoms with Crippen LogP contribution in [0.1, 0.15) is 51.9 Å². The highest BCUT2D eigenvalue weighted by atomic mass is 16.5. The molecule has 0 radical (unpaired) electrons. The van der Waals surface area contributed by atoms with Crippen LogP contribution < -0.4 is 19.9 Å². The van der Waals surface area contributed by atoms with E-state index in [1.807, 2.05) is 29.1 Å². The summed E-state index contributed by atoms with van der Waals surface area (Å²) in [6.45, 7) is 3.53. The van der Waals surface area contributed by atoms with Gasteiger partial charge < -0.3 is 25.1 Å². The summed E-state index contributed by atoms with van der Waals surface area (Å²) >= 11 is 0. The van der Waals surface area contributed by atoms with Crippen molar-refractivity contribution in [2.45, 2.75) is 64.0 Å². The van der Waals surface area contributed by atoms with Crippen molar-refractivity contribution in [1.82, 2.24) is 20.4 Å². The van der Waals surface area contributed by atoms with Crippen LogP contribution in [0.3, 0.4) is 0 Å². The van der Waals surface area contributed by atoms with Gasteiger partial charge in [0.25, 0.3) is 0 Å². The molecule has 5 rings (SSSR count). The lowest BCUT2D eigenvalue weighted by Gasteiger charge is -2.38. The Morgan fingerprint density at radius 1 is 1.14 bits per heavy atom. The van der Waals surface area contributed by atoms with Gasteiger partial charge in [-0.3, -0.25) is 9.80 Å². The van der Waals surface area contributed by atoms with E-state index in [4.69, 9.17) is 14.8 Å². The summed E-state index contributed by atoms with van der Waals surface area (Å²) in [5, 5.41) is 22.2. The van der Waals surface area contributed by atoms with E-state index in [1.54, 1.807) is 14.0 Å². The Morgan fingerprint density at radius 3 is 2.57 bits per heavy atom. The van der Waals surface area contributed by atoms with E-state index < -0.39 is 0 Å². The fourth-order valence-corrected chi connectivity index (χ4v) is 5.87. The normalized spacial score (nSPS) is 24.2. The molecule has 1 saturated carbocycles. The molecule has 35 heavy (non-hydrogen) atoms. The molecular weight excluding hydrogens is 446 g/mol. The number of pyridine rings is 1. The fraction of sp³-hybridized carbons (Fsp3) is 0.640. The van der Waals surface area contributed by atoms with E-state index in [9.17, 15) is 10.0 Å². The number of nitrogens with one attached hydrogen (secondary N) is 1. The van der Waals surface area contributed by atoms with Crippen molar-refractivity contribution in [3.8, 4) is 5.88 Å². The van der Waals surface area contributed by atoms with E-state index in [0.717, 1.165) is 61.7 Å². The van der Waals surface area contributed by atoms with E-state index in [0.29, 0.717) is 18.5 Å². The minimum absolute atomic E-state index is 0.0209. The molecule has 0 bridgehead atoms. The van der Waals surface area contributed by atoms with Gasteiger partial charge in [0.15, 0.2) is 0 Å². The minimum atomic E-state index is -0.192. The van der Waals surface area contributed by atoms with Gasteiger partial charge in [0, 0.05) is 45.2 Å². The summed E-state index contributed by atoms with van der Waals surface area (Å²) in [6, 6.07) is 4.04. The van der Waals surface area contributed by atoms with Crippen LogP contribution >= 0.6 is 0 Å². The van der Waals surface area contributed by atoms with Crippen LogP contribution in [0, 0.1) is 5.92 Å². The number of ether oxygens (including phenoxy) is 1. The topological polar surface area (TPSA) is 96.8 Å². The highest BCUT2D eigenvalue weighted by molar-refractivity contribution is 5.96. The average Bonchev–Trinajstić information content (AvgIpc) is 3.21. The van der Waals surface area contributed by atoms with Crippen LogP contribution in [-0.4, -0.2) is 77.9 Å². The summed E-state index contributed by atoms with van der Waals surface area (Å²) < 4.78 is 5.69. The number of carbonyl (C=O) groups is 1. The van der Waals surface area contributed by atoms with Gasteiger partial charge in [0.1, 0.15) is 24.2 Å². The van der Waals surface area contributed by atoms with Gasteiger partial charge >= 0.3 is 0 Å². The maximum Gasteiger partial charge on any atom is 0.239 e. The van der Waals surface area contributed by atoms with Crippen LogP contribution in [0.2, 0.25) is 0 Å². The van der Waals surface area contributed by atoms with Gasteiger partial charge in [-0.15, -0.1) is 0 Å². The molecule has 10 heteroatoms. The first kappa shape index (κ1) is 23.9. The number of nitrogens with zero attached hydrogens (tertiary/aromatic N) is 6. The zero-order valence-electron chi connectivity index (χ0n) is 21.0. The molecular formula is C25H37N7O3. The van der Waals surface area contributed by atoms with Crippen LogP contribution in [0.5, 0.6) is 5.88 Å². The van der Waals surface area contributed by atoms with E-state index in [-0.39, 0.29) is 18.0 Å². The average molecular weight is 484 g/mol. The highest BCUT2D eigenvalue weighted by Gasteiger charge is 2.42. The van der Waals surface area contributed by atoms with Crippen molar-refractivity contribution in [2.24, 2.45) is 11.0 Å². The van der Waals surface area contributed by atoms with Gasteiger partial charge in [-0.05, 0) is 37.8 Å². The Kier molecular flexibility index (Phi) is 6.84. The number of likely N-dealkylation sites (N-methyl/N-ethyl adjacent to an activating group) is 1. The molecule has 2 N–H and O–H groups in total. The van der Waals surface area contributed by atoms with Crippen molar-refractivity contribution in [2.75, 3.05) is 43.7 Å². The van der Waals surface area contributed by atoms with Crippen LogP contribution in [0.25, 0.3) is 0 Å². The molecule has 1 saturated heterocycles. The van der Waals surface area contributed by atoms with Crippen LogP contribution in [0.15, 0.2) is 29.1 Å². The lowest BCUT2D eigenvalue weighted by atomic mass is 9.83. The molecule has 1 amide bonds. The van der Waals surface area contributed by atoms with Crippen molar-refractivity contribution in [1.29, 1.82) is 0 Å². The van der Waals surface area contributed by atoms with E-state index >= 15 is 0 Å². The first-order chi connectivity index (χ1) is 16.9. The zero-order chi connectivity index (χ0) is 24.5. The number of hydrazone groups is 1. The Hall–Kier alpha value is -2.85. The number of methoxy groups -OCH3 is 1. The molecule has 1 unspecified atom stereocenters. The predicted molar refractivity (Wildman–Crippen MR) is 134 cm³/mol. The minimum Gasteiger partial charge on any atom is -0.479 e. The maximum atomic E-state index is 11.4.